The van der Waals surface area contributed by atoms with Gasteiger partial charge in [-0.25, -0.2) is 4.99 Å². The summed E-state index contributed by atoms with van der Waals surface area (Å²) in [5.74, 6) is 0.922. The fourth-order valence-electron chi connectivity index (χ4n) is 4.33. The zero-order valence-corrected chi connectivity index (χ0v) is 18.6. The highest BCUT2D eigenvalue weighted by molar-refractivity contribution is 7.25. The Kier molecular flexibility index (Phi) is 4.62. The summed E-state index contributed by atoms with van der Waals surface area (Å²) in [5, 5.41) is 6.17. The van der Waals surface area contributed by atoms with Crippen molar-refractivity contribution in [3.05, 3.63) is 114 Å². The fourth-order valence-corrected chi connectivity index (χ4v) is 5.47. The molecule has 0 bridgehead atoms. The van der Waals surface area contributed by atoms with Crippen molar-refractivity contribution >= 4 is 43.0 Å². The molecule has 1 aliphatic rings. The monoisotopic (exact) mass is 430 g/mol. The van der Waals surface area contributed by atoms with Crippen molar-refractivity contribution in [1.82, 2.24) is 5.32 Å². The van der Waals surface area contributed by atoms with Gasteiger partial charge in [-0.15, -0.1) is 11.3 Å². The van der Waals surface area contributed by atoms with Crippen LogP contribution in [0, 0.1) is 0 Å². The van der Waals surface area contributed by atoms with Crippen molar-refractivity contribution in [3.63, 3.8) is 0 Å². The third kappa shape index (κ3) is 3.41. The van der Waals surface area contributed by atoms with Crippen LogP contribution in [0.25, 0.3) is 37.0 Å². The first-order valence-corrected chi connectivity index (χ1v) is 11.7. The Bertz CT molecular complexity index is 1490. The van der Waals surface area contributed by atoms with Gasteiger partial charge in [0.1, 0.15) is 5.84 Å². The average Bonchev–Trinajstić information content (AvgIpc) is 3.22. The summed E-state index contributed by atoms with van der Waals surface area (Å²) < 4.78 is 2.63. The number of nitrogens with zero attached hydrogens (tertiary/aromatic N) is 1. The van der Waals surface area contributed by atoms with Crippen LogP contribution in [0.15, 0.2) is 108 Å². The summed E-state index contributed by atoms with van der Waals surface area (Å²) in [7, 11) is 0. The molecule has 1 aliphatic heterocycles. The highest BCUT2D eigenvalue weighted by Gasteiger charge is 2.16. The number of hydrogen-bond donors (Lipinski definition) is 1. The normalized spacial score (nSPS) is 16.0. The Hall–Kier alpha value is -3.69. The third-order valence-corrected chi connectivity index (χ3v) is 7.08. The number of amidine groups is 1. The predicted octanol–water partition coefficient (Wildman–Crippen LogP) is 7.50. The lowest BCUT2D eigenvalue weighted by Gasteiger charge is -2.21. The van der Waals surface area contributed by atoms with Gasteiger partial charge in [-0.3, -0.25) is 0 Å². The van der Waals surface area contributed by atoms with Crippen molar-refractivity contribution < 1.29 is 0 Å². The summed E-state index contributed by atoms with van der Waals surface area (Å²) in [4.78, 5) is 5.01. The molecule has 1 N–H and O–H groups in total. The van der Waals surface area contributed by atoms with Crippen LogP contribution in [0.1, 0.15) is 18.1 Å². The molecule has 6 rings (SSSR count). The predicted molar refractivity (Wildman–Crippen MR) is 138 cm³/mol. The Morgan fingerprint density at radius 2 is 1.31 bits per heavy atom. The molecule has 5 aromatic rings. The van der Waals surface area contributed by atoms with E-state index < -0.39 is 0 Å². The van der Waals surface area contributed by atoms with Crippen LogP contribution in [-0.4, -0.2) is 11.9 Å². The van der Waals surface area contributed by atoms with Crippen molar-refractivity contribution in [3.8, 4) is 11.1 Å². The first-order valence-electron chi connectivity index (χ1n) is 10.9. The Labute approximate surface area is 191 Å². The average molecular weight is 431 g/mol. The maximum absolute atomic E-state index is 5.01. The molecule has 3 heteroatoms. The van der Waals surface area contributed by atoms with E-state index in [4.69, 9.17) is 4.99 Å². The second kappa shape index (κ2) is 7.77. The molecule has 1 atom stereocenters. The van der Waals surface area contributed by atoms with Crippen LogP contribution in [0.3, 0.4) is 0 Å². The van der Waals surface area contributed by atoms with E-state index in [9.17, 15) is 0 Å². The van der Waals surface area contributed by atoms with Crippen LogP contribution in [0.2, 0.25) is 0 Å². The Balaban J connectivity index is 1.36. The topological polar surface area (TPSA) is 24.4 Å². The lowest BCUT2D eigenvalue weighted by atomic mass is 10.0. The molecular weight excluding hydrogens is 408 g/mol. The smallest absolute Gasteiger partial charge is 0.134 e. The number of nitrogens with one attached hydrogen (secondary N) is 1. The van der Waals surface area contributed by atoms with E-state index in [2.05, 4.69) is 109 Å². The fraction of sp³-hybridized carbons (Fsp3) is 0.0690. The van der Waals surface area contributed by atoms with Crippen molar-refractivity contribution in [2.75, 3.05) is 0 Å². The SMILES string of the molecule is CC1C=C(c2ccc3c(c2)sc2ccccc23)N=C(c2ccc(-c3ccccc3)cc2)N1. The zero-order chi connectivity index (χ0) is 21.5. The highest BCUT2D eigenvalue weighted by atomic mass is 32.1. The molecular formula is C29H22N2S. The van der Waals surface area contributed by atoms with E-state index in [0.29, 0.717) is 0 Å². The summed E-state index contributed by atoms with van der Waals surface area (Å²) in [6, 6.07) is 34.6. The first-order chi connectivity index (χ1) is 15.7. The number of rotatable bonds is 3. The third-order valence-electron chi connectivity index (χ3n) is 5.94. The standard InChI is InChI=1S/C29H22N2S/c1-19-17-26(23-15-16-25-24-9-5-6-10-27(24)32-28(25)18-23)31-29(30-19)22-13-11-21(12-14-22)20-7-3-2-4-8-20/h2-19H,1H3,(H,30,31). The quantitative estimate of drug-likeness (QED) is 0.315. The Morgan fingerprint density at radius 1 is 0.656 bits per heavy atom. The summed E-state index contributed by atoms with van der Waals surface area (Å²) in [6.45, 7) is 2.17. The van der Waals surface area contributed by atoms with E-state index >= 15 is 0 Å². The number of fused-ring (bicyclic) bond motifs is 3. The molecule has 0 aliphatic carbocycles. The van der Waals surface area contributed by atoms with Gasteiger partial charge in [-0.05, 0) is 36.3 Å². The van der Waals surface area contributed by atoms with Gasteiger partial charge in [-0.2, -0.15) is 0 Å². The molecule has 0 amide bonds. The molecule has 2 heterocycles. The lowest BCUT2D eigenvalue weighted by Crippen LogP contribution is -2.34. The van der Waals surface area contributed by atoms with E-state index in [-0.39, 0.29) is 6.04 Å². The van der Waals surface area contributed by atoms with Crippen LogP contribution < -0.4 is 5.32 Å². The van der Waals surface area contributed by atoms with Gasteiger partial charge in [0, 0.05) is 37.3 Å². The highest BCUT2D eigenvalue weighted by Crippen LogP contribution is 2.36. The van der Waals surface area contributed by atoms with Crippen LogP contribution in [0.4, 0.5) is 0 Å². The molecule has 0 fully saturated rings. The maximum Gasteiger partial charge on any atom is 0.134 e. The van der Waals surface area contributed by atoms with Gasteiger partial charge in [0.25, 0.3) is 0 Å². The number of benzene rings is 4. The molecule has 0 saturated heterocycles. The maximum atomic E-state index is 5.01. The number of hydrogen-bond acceptors (Lipinski definition) is 3. The van der Waals surface area contributed by atoms with Crippen LogP contribution in [-0.2, 0) is 0 Å². The van der Waals surface area contributed by atoms with Gasteiger partial charge in [0.15, 0.2) is 0 Å². The van der Waals surface area contributed by atoms with Crippen molar-refractivity contribution in [1.29, 1.82) is 0 Å². The second-order valence-electron chi connectivity index (χ2n) is 8.20. The number of thiophene rings is 1. The molecule has 0 radical (unpaired) electrons. The van der Waals surface area contributed by atoms with Crippen molar-refractivity contribution in [2.45, 2.75) is 13.0 Å². The van der Waals surface area contributed by atoms with Gasteiger partial charge < -0.3 is 5.32 Å². The first kappa shape index (κ1) is 19.0. The van der Waals surface area contributed by atoms with Crippen LogP contribution >= 0.6 is 11.3 Å². The van der Waals surface area contributed by atoms with E-state index in [0.717, 1.165) is 22.7 Å². The summed E-state index contributed by atoms with van der Waals surface area (Å²) in [6.07, 6.45) is 2.20. The Morgan fingerprint density at radius 3 is 2.16 bits per heavy atom. The second-order valence-corrected chi connectivity index (χ2v) is 9.28. The van der Waals surface area contributed by atoms with Crippen molar-refractivity contribution in [2.24, 2.45) is 4.99 Å². The molecule has 0 spiro atoms. The van der Waals surface area contributed by atoms with Crippen LogP contribution in [0.5, 0.6) is 0 Å². The van der Waals surface area contributed by atoms with Gasteiger partial charge in [0.2, 0.25) is 0 Å². The molecule has 32 heavy (non-hydrogen) atoms. The zero-order valence-electron chi connectivity index (χ0n) is 17.7. The molecule has 2 nitrogen and oxygen atoms in total. The molecule has 1 aromatic heterocycles. The molecule has 0 saturated carbocycles. The largest absolute Gasteiger partial charge is 0.364 e. The van der Waals surface area contributed by atoms with E-state index in [1.54, 1.807) is 0 Å². The molecule has 4 aromatic carbocycles. The van der Waals surface area contributed by atoms with Gasteiger partial charge in [-0.1, -0.05) is 84.9 Å². The molecule has 1 unspecified atom stereocenters. The minimum atomic E-state index is 0.212. The minimum absolute atomic E-state index is 0.212. The van der Waals surface area contributed by atoms with Gasteiger partial charge >= 0.3 is 0 Å². The number of aliphatic imine (C=N–C) groups is 1. The van der Waals surface area contributed by atoms with Gasteiger partial charge in [0.05, 0.1) is 5.70 Å². The molecule has 154 valence electrons. The summed E-state index contributed by atoms with van der Waals surface area (Å²) in [5.41, 5.74) is 5.73. The minimum Gasteiger partial charge on any atom is -0.364 e. The lowest BCUT2D eigenvalue weighted by molar-refractivity contribution is 0.795. The van der Waals surface area contributed by atoms with E-state index in [1.807, 2.05) is 17.4 Å². The summed E-state index contributed by atoms with van der Waals surface area (Å²) >= 11 is 1.85. The van der Waals surface area contributed by atoms with E-state index in [1.165, 1.54) is 31.3 Å².